The van der Waals surface area contributed by atoms with Crippen LogP contribution < -0.4 is 10.2 Å². The summed E-state index contributed by atoms with van der Waals surface area (Å²) >= 11 is 1.22. The second kappa shape index (κ2) is 6.74. The number of amides is 2. The lowest BCUT2D eigenvalue weighted by atomic mass is 9.95. The second-order valence-corrected chi connectivity index (χ2v) is 8.17. The molecule has 1 saturated heterocycles. The number of carbonyl (C=O) groups is 3. The Morgan fingerprint density at radius 3 is 2.35 bits per heavy atom. The Hall–Kier alpha value is -1.82. The Kier molecular flexibility index (Phi) is 5.14. The van der Waals surface area contributed by atoms with Crippen LogP contribution in [0.2, 0.25) is 0 Å². The lowest BCUT2D eigenvalue weighted by Crippen LogP contribution is -2.27. The van der Waals surface area contributed by atoms with E-state index in [4.69, 9.17) is 0 Å². The molecule has 124 valence electrons. The van der Waals surface area contributed by atoms with Crippen molar-refractivity contribution in [1.29, 1.82) is 0 Å². The SMILES string of the molecule is CC(=O)SC1CC(=O)N(c2ccc(NC(=O)C(C)(C)C)cc2)C1. The predicted octanol–water partition coefficient (Wildman–Crippen LogP) is 3.06. The first-order chi connectivity index (χ1) is 10.7. The quantitative estimate of drug-likeness (QED) is 0.922. The molecule has 0 aromatic heterocycles. The number of nitrogens with one attached hydrogen (secondary N) is 1. The lowest BCUT2D eigenvalue weighted by Gasteiger charge is -2.19. The van der Waals surface area contributed by atoms with Gasteiger partial charge in [-0.1, -0.05) is 32.5 Å². The van der Waals surface area contributed by atoms with Crippen LogP contribution in [0.15, 0.2) is 24.3 Å². The van der Waals surface area contributed by atoms with Gasteiger partial charge in [0.2, 0.25) is 11.8 Å². The fraction of sp³-hybridized carbons (Fsp3) is 0.471. The van der Waals surface area contributed by atoms with E-state index in [1.165, 1.54) is 18.7 Å². The monoisotopic (exact) mass is 334 g/mol. The van der Waals surface area contributed by atoms with E-state index >= 15 is 0 Å². The highest BCUT2D eigenvalue weighted by Gasteiger charge is 2.31. The molecule has 1 unspecified atom stereocenters. The summed E-state index contributed by atoms with van der Waals surface area (Å²) in [7, 11) is 0. The number of thioether (sulfide) groups is 1. The fourth-order valence-corrected chi connectivity index (χ4v) is 3.20. The number of hydrogen-bond donors (Lipinski definition) is 1. The summed E-state index contributed by atoms with van der Waals surface area (Å²) in [4.78, 5) is 36.9. The molecule has 1 aromatic carbocycles. The standard InChI is InChI=1S/C17H22N2O3S/c1-11(20)23-14-9-15(21)19(10-14)13-7-5-12(6-8-13)18-16(22)17(2,3)4/h5-8,14H,9-10H2,1-4H3,(H,18,22). The van der Waals surface area contributed by atoms with Crippen LogP contribution in [0.3, 0.4) is 0 Å². The average Bonchev–Trinajstić information content (AvgIpc) is 2.78. The largest absolute Gasteiger partial charge is 0.326 e. The molecule has 6 heteroatoms. The van der Waals surface area contributed by atoms with E-state index in [0.29, 0.717) is 18.7 Å². The summed E-state index contributed by atoms with van der Waals surface area (Å²) in [6.45, 7) is 7.62. The first-order valence-electron chi connectivity index (χ1n) is 7.56. The van der Waals surface area contributed by atoms with Gasteiger partial charge in [-0.25, -0.2) is 0 Å². The minimum absolute atomic E-state index is 0.0141. The molecule has 1 aliphatic rings. The number of nitrogens with zero attached hydrogens (tertiary/aromatic N) is 1. The zero-order valence-electron chi connectivity index (χ0n) is 13.9. The van der Waals surface area contributed by atoms with Crippen LogP contribution >= 0.6 is 11.8 Å². The van der Waals surface area contributed by atoms with Gasteiger partial charge in [0.15, 0.2) is 5.12 Å². The van der Waals surface area contributed by atoms with Crippen LogP contribution in [0.1, 0.15) is 34.1 Å². The first-order valence-corrected chi connectivity index (χ1v) is 8.44. The molecule has 0 aliphatic carbocycles. The van der Waals surface area contributed by atoms with Crippen LogP contribution in [0.4, 0.5) is 11.4 Å². The molecule has 1 aromatic rings. The van der Waals surface area contributed by atoms with Gasteiger partial charge in [0, 0.05) is 41.9 Å². The summed E-state index contributed by atoms with van der Waals surface area (Å²) in [6.07, 6.45) is 0.382. The van der Waals surface area contributed by atoms with Crippen molar-refractivity contribution >= 4 is 40.1 Å². The maximum atomic E-state index is 12.1. The summed E-state index contributed by atoms with van der Waals surface area (Å²) in [5.74, 6) is -0.0318. The third kappa shape index (κ3) is 4.58. The maximum absolute atomic E-state index is 12.1. The fourth-order valence-electron chi connectivity index (χ4n) is 2.28. The molecule has 1 aliphatic heterocycles. The van der Waals surface area contributed by atoms with Crippen LogP contribution in [0.5, 0.6) is 0 Å². The Morgan fingerprint density at radius 2 is 1.83 bits per heavy atom. The molecular formula is C17H22N2O3S. The lowest BCUT2D eigenvalue weighted by molar-refractivity contribution is -0.123. The number of carbonyl (C=O) groups excluding carboxylic acids is 3. The third-order valence-electron chi connectivity index (χ3n) is 3.54. The number of rotatable bonds is 3. The molecule has 1 atom stereocenters. The molecule has 0 saturated carbocycles. The van der Waals surface area contributed by atoms with Crippen LogP contribution in [0, 0.1) is 5.41 Å². The summed E-state index contributed by atoms with van der Waals surface area (Å²) in [5.41, 5.74) is 1.03. The highest BCUT2D eigenvalue weighted by molar-refractivity contribution is 8.14. The van der Waals surface area contributed by atoms with Crippen molar-refractivity contribution in [2.45, 2.75) is 39.4 Å². The normalized spacial score (nSPS) is 18.2. The molecule has 0 bridgehead atoms. The van der Waals surface area contributed by atoms with Gasteiger partial charge in [-0.15, -0.1) is 0 Å². The van der Waals surface area contributed by atoms with Crippen molar-refractivity contribution in [3.8, 4) is 0 Å². The van der Waals surface area contributed by atoms with Gasteiger partial charge in [0.1, 0.15) is 0 Å². The van der Waals surface area contributed by atoms with Gasteiger partial charge in [-0.05, 0) is 24.3 Å². The summed E-state index contributed by atoms with van der Waals surface area (Å²) in [5, 5.41) is 2.90. The van der Waals surface area contributed by atoms with E-state index in [9.17, 15) is 14.4 Å². The van der Waals surface area contributed by atoms with E-state index in [1.54, 1.807) is 17.0 Å². The van der Waals surface area contributed by atoms with E-state index in [-0.39, 0.29) is 22.2 Å². The molecule has 0 spiro atoms. The molecule has 23 heavy (non-hydrogen) atoms. The first kappa shape index (κ1) is 17.5. The smallest absolute Gasteiger partial charge is 0.229 e. The van der Waals surface area contributed by atoms with Crippen LogP contribution in [-0.2, 0) is 14.4 Å². The molecule has 1 N–H and O–H groups in total. The summed E-state index contributed by atoms with van der Waals surface area (Å²) < 4.78 is 0. The highest BCUT2D eigenvalue weighted by atomic mass is 32.2. The van der Waals surface area contributed by atoms with Crippen molar-refractivity contribution in [1.82, 2.24) is 0 Å². The van der Waals surface area contributed by atoms with Crippen molar-refractivity contribution in [2.24, 2.45) is 5.41 Å². The van der Waals surface area contributed by atoms with Crippen LogP contribution in [0.25, 0.3) is 0 Å². The van der Waals surface area contributed by atoms with Gasteiger partial charge < -0.3 is 10.2 Å². The van der Waals surface area contributed by atoms with Crippen molar-refractivity contribution < 1.29 is 14.4 Å². The second-order valence-electron chi connectivity index (χ2n) is 6.69. The Morgan fingerprint density at radius 1 is 1.22 bits per heavy atom. The maximum Gasteiger partial charge on any atom is 0.229 e. The predicted molar refractivity (Wildman–Crippen MR) is 93.6 cm³/mol. The van der Waals surface area contributed by atoms with E-state index in [1.807, 2.05) is 32.9 Å². The zero-order valence-corrected chi connectivity index (χ0v) is 14.7. The van der Waals surface area contributed by atoms with Crippen molar-refractivity contribution in [3.05, 3.63) is 24.3 Å². The topological polar surface area (TPSA) is 66.5 Å². The molecule has 5 nitrogen and oxygen atoms in total. The zero-order chi connectivity index (χ0) is 17.2. The minimum atomic E-state index is -0.458. The van der Waals surface area contributed by atoms with Gasteiger partial charge >= 0.3 is 0 Å². The molecule has 0 radical (unpaired) electrons. The van der Waals surface area contributed by atoms with Gasteiger partial charge in [-0.3, -0.25) is 14.4 Å². The van der Waals surface area contributed by atoms with Gasteiger partial charge in [-0.2, -0.15) is 0 Å². The van der Waals surface area contributed by atoms with E-state index < -0.39 is 5.41 Å². The molecular weight excluding hydrogens is 312 g/mol. The molecule has 1 heterocycles. The molecule has 2 amide bonds. The number of benzene rings is 1. The third-order valence-corrected chi connectivity index (χ3v) is 4.52. The average molecular weight is 334 g/mol. The van der Waals surface area contributed by atoms with Crippen molar-refractivity contribution in [2.75, 3.05) is 16.8 Å². The molecule has 2 rings (SSSR count). The van der Waals surface area contributed by atoms with Crippen molar-refractivity contribution in [3.63, 3.8) is 0 Å². The Labute approximate surface area is 140 Å². The molecule has 1 fully saturated rings. The number of hydrogen-bond acceptors (Lipinski definition) is 4. The Bertz CT molecular complexity index is 620. The Balaban J connectivity index is 2.04. The highest BCUT2D eigenvalue weighted by Crippen LogP contribution is 2.29. The summed E-state index contributed by atoms with van der Waals surface area (Å²) in [6, 6.07) is 7.21. The van der Waals surface area contributed by atoms with Crippen LogP contribution in [-0.4, -0.2) is 28.7 Å². The van der Waals surface area contributed by atoms with Gasteiger partial charge in [0.05, 0.1) is 0 Å². The van der Waals surface area contributed by atoms with E-state index in [2.05, 4.69) is 5.32 Å². The minimum Gasteiger partial charge on any atom is -0.326 e. The van der Waals surface area contributed by atoms with E-state index in [0.717, 1.165) is 5.69 Å². The van der Waals surface area contributed by atoms with Gasteiger partial charge in [0.25, 0.3) is 0 Å². The number of anilines is 2.